The zero-order valence-electron chi connectivity index (χ0n) is 8.82. The van der Waals surface area contributed by atoms with E-state index in [1.54, 1.807) is 24.1 Å². The Morgan fingerprint density at radius 1 is 1.64 bits per heavy atom. The van der Waals surface area contributed by atoms with Gasteiger partial charge in [0.15, 0.2) is 0 Å². The molecular formula is C9H16N4O. The van der Waals surface area contributed by atoms with E-state index in [2.05, 4.69) is 10.4 Å². The molecule has 0 aliphatic rings. The second-order valence-electron chi connectivity index (χ2n) is 3.46. The monoisotopic (exact) mass is 196 g/mol. The van der Waals surface area contributed by atoms with Crippen molar-refractivity contribution in [2.75, 3.05) is 27.2 Å². The van der Waals surface area contributed by atoms with Crippen LogP contribution in [0.2, 0.25) is 0 Å². The first-order valence-electron chi connectivity index (χ1n) is 4.51. The van der Waals surface area contributed by atoms with Crippen molar-refractivity contribution in [3.05, 3.63) is 18.0 Å². The second-order valence-corrected chi connectivity index (χ2v) is 3.46. The second kappa shape index (κ2) is 4.76. The van der Waals surface area contributed by atoms with Gasteiger partial charge in [-0.3, -0.25) is 9.48 Å². The molecule has 1 amide bonds. The number of aryl methyl sites for hydroxylation is 1. The van der Waals surface area contributed by atoms with Crippen molar-refractivity contribution in [3.63, 3.8) is 0 Å². The van der Waals surface area contributed by atoms with Crippen LogP contribution in [0, 0.1) is 0 Å². The van der Waals surface area contributed by atoms with Crippen LogP contribution < -0.4 is 5.32 Å². The number of hydrogen-bond acceptors (Lipinski definition) is 3. The Labute approximate surface area is 83.7 Å². The number of carbonyl (C=O) groups is 1. The lowest BCUT2D eigenvalue weighted by molar-refractivity contribution is 0.0951. The lowest BCUT2D eigenvalue weighted by Gasteiger charge is -2.09. The summed E-state index contributed by atoms with van der Waals surface area (Å²) in [4.78, 5) is 13.5. The van der Waals surface area contributed by atoms with Crippen LogP contribution in [-0.4, -0.2) is 47.8 Å². The van der Waals surface area contributed by atoms with Crippen LogP contribution in [0.25, 0.3) is 0 Å². The number of carbonyl (C=O) groups excluding carboxylic acids is 1. The minimum Gasteiger partial charge on any atom is -0.351 e. The third-order valence-electron chi connectivity index (χ3n) is 1.81. The summed E-state index contributed by atoms with van der Waals surface area (Å²) < 4.78 is 1.61. The van der Waals surface area contributed by atoms with E-state index in [1.807, 2.05) is 19.0 Å². The summed E-state index contributed by atoms with van der Waals surface area (Å²) in [5.41, 5.74) is 0.603. The van der Waals surface area contributed by atoms with Crippen molar-refractivity contribution in [2.45, 2.75) is 0 Å². The molecule has 1 aromatic rings. The Kier molecular flexibility index (Phi) is 3.64. The molecule has 0 bridgehead atoms. The first-order valence-corrected chi connectivity index (χ1v) is 4.51. The summed E-state index contributed by atoms with van der Waals surface area (Å²) in [6, 6.07) is 0. The van der Waals surface area contributed by atoms with E-state index in [4.69, 9.17) is 0 Å². The molecular weight excluding hydrogens is 180 g/mol. The number of nitrogens with one attached hydrogen (secondary N) is 1. The number of nitrogens with zero attached hydrogens (tertiary/aromatic N) is 3. The third kappa shape index (κ3) is 3.18. The number of likely N-dealkylation sites (N-methyl/N-ethyl adjacent to an activating group) is 1. The first-order chi connectivity index (χ1) is 6.59. The summed E-state index contributed by atoms with van der Waals surface area (Å²) in [6.07, 6.45) is 3.26. The topological polar surface area (TPSA) is 50.2 Å². The molecule has 14 heavy (non-hydrogen) atoms. The van der Waals surface area contributed by atoms with Gasteiger partial charge in [-0.25, -0.2) is 0 Å². The SMILES string of the molecule is CN(C)CCNC(=O)c1cnn(C)c1. The Morgan fingerprint density at radius 3 is 2.86 bits per heavy atom. The fraction of sp³-hybridized carbons (Fsp3) is 0.556. The Bertz CT molecular complexity index is 306. The molecule has 5 heteroatoms. The smallest absolute Gasteiger partial charge is 0.254 e. The fourth-order valence-corrected chi connectivity index (χ4v) is 1.03. The average molecular weight is 196 g/mol. The van der Waals surface area contributed by atoms with Crippen molar-refractivity contribution in [3.8, 4) is 0 Å². The average Bonchev–Trinajstić information content (AvgIpc) is 2.51. The molecule has 1 rings (SSSR count). The van der Waals surface area contributed by atoms with E-state index >= 15 is 0 Å². The van der Waals surface area contributed by atoms with Gasteiger partial charge in [0.1, 0.15) is 0 Å². The largest absolute Gasteiger partial charge is 0.351 e. The highest BCUT2D eigenvalue weighted by molar-refractivity contribution is 5.93. The minimum atomic E-state index is -0.0695. The zero-order valence-corrected chi connectivity index (χ0v) is 8.82. The van der Waals surface area contributed by atoms with E-state index in [0.29, 0.717) is 12.1 Å². The van der Waals surface area contributed by atoms with Crippen molar-refractivity contribution in [1.82, 2.24) is 20.0 Å². The lowest BCUT2D eigenvalue weighted by atomic mass is 10.3. The van der Waals surface area contributed by atoms with Crippen LogP contribution in [0.4, 0.5) is 0 Å². The molecule has 0 unspecified atom stereocenters. The summed E-state index contributed by atoms with van der Waals surface area (Å²) in [6.45, 7) is 1.49. The van der Waals surface area contributed by atoms with Crippen LogP contribution in [0.5, 0.6) is 0 Å². The van der Waals surface area contributed by atoms with Crippen molar-refractivity contribution in [1.29, 1.82) is 0 Å². The van der Waals surface area contributed by atoms with Gasteiger partial charge in [-0.05, 0) is 14.1 Å². The van der Waals surface area contributed by atoms with Crippen LogP contribution in [0.1, 0.15) is 10.4 Å². The summed E-state index contributed by atoms with van der Waals surface area (Å²) in [5, 5.41) is 6.74. The van der Waals surface area contributed by atoms with Crippen LogP contribution in [0.3, 0.4) is 0 Å². The number of rotatable bonds is 4. The quantitative estimate of drug-likeness (QED) is 0.720. The van der Waals surface area contributed by atoms with Gasteiger partial charge in [0.05, 0.1) is 11.8 Å². The molecule has 0 aromatic carbocycles. The van der Waals surface area contributed by atoms with Gasteiger partial charge in [0, 0.05) is 26.3 Å². The highest BCUT2D eigenvalue weighted by Crippen LogP contribution is 1.94. The minimum absolute atomic E-state index is 0.0695. The normalized spacial score (nSPS) is 10.6. The van der Waals surface area contributed by atoms with Crippen LogP contribution >= 0.6 is 0 Å². The third-order valence-corrected chi connectivity index (χ3v) is 1.81. The van der Waals surface area contributed by atoms with Gasteiger partial charge < -0.3 is 10.2 Å². The summed E-state index contributed by atoms with van der Waals surface area (Å²) in [7, 11) is 5.73. The highest BCUT2D eigenvalue weighted by Gasteiger charge is 2.06. The van der Waals surface area contributed by atoms with Gasteiger partial charge >= 0.3 is 0 Å². The van der Waals surface area contributed by atoms with Crippen molar-refractivity contribution in [2.24, 2.45) is 7.05 Å². The molecule has 0 saturated heterocycles. The van der Waals surface area contributed by atoms with Gasteiger partial charge in [0.25, 0.3) is 5.91 Å². The maximum absolute atomic E-state index is 11.5. The lowest BCUT2D eigenvalue weighted by Crippen LogP contribution is -2.31. The fourth-order valence-electron chi connectivity index (χ4n) is 1.03. The van der Waals surface area contributed by atoms with Crippen molar-refractivity contribution < 1.29 is 4.79 Å². The highest BCUT2D eigenvalue weighted by atomic mass is 16.1. The zero-order chi connectivity index (χ0) is 10.6. The predicted octanol–water partition coefficient (Wildman–Crippen LogP) is -0.288. The first kappa shape index (κ1) is 10.7. The Balaban J connectivity index is 2.36. The van der Waals surface area contributed by atoms with E-state index in [1.165, 1.54) is 0 Å². The summed E-state index contributed by atoms with van der Waals surface area (Å²) >= 11 is 0. The Morgan fingerprint density at radius 2 is 2.36 bits per heavy atom. The van der Waals surface area contributed by atoms with E-state index in [0.717, 1.165) is 6.54 Å². The molecule has 0 spiro atoms. The van der Waals surface area contributed by atoms with Gasteiger partial charge in [-0.1, -0.05) is 0 Å². The molecule has 1 N–H and O–H groups in total. The van der Waals surface area contributed by atoms with Crippen molar-refractivity contribution >= 4 is 5.91 Å². The number of amides is 1. The molecule has 5 nitrogen and oxygen atoms in total. The number of aromatic nitrogens is 2. The molecule has 0 fully saturated rings. The van der Waals surface area contributed by atoms with E-state index in [-0.39, 0.29) is 5.91 Å². The van der Waals surface area contributed by atoms with Gasteiger partial charge in [-0.15, -0.1) is 0 Å². The molecule has 0 aliphatic carbocycles. The molecule has 1 heterocycles. The number of hydrogen-bond donors (Lipinski definition) is 1. The standard InChI is InChI=1S/C9H16N4O/c1-12(2)5-4-10-9(14)8-6-11-13(3)7-8/h6-7H,4-5H2,1-3H3,(H,10,14). The predicted molar refractivity (Wildman–Crippen MR) is 54.1 cm³/mol. The maximum Gasteiger partial charge on any atom is 0.254 e. The molecule has 0 aliphatic heterocycles. The maximum atomic E-state index is 11.5. The summed E-state index contributed by atoms with van der Waals surface area (Å²) in [5.74, 6) is -0.0695. The van der Waals surface area contributed by atoms with Gasteiger partial charge in [-0.2, -0.15) is 5.10 Å². The van der Waals surface area contributed by atoms with Crippen LogP contribution in [-0.2, 0) is 7.05 Å². The molecule has 0 radical (unpaired) electrons. The molecule has 1 aromatic heterocycles. The van der Waals surface area contributed by atoms with E-state index < -0.39 is 0 Å². The molecule has 78 valence electrons. The van der Waals surface area contributed by atoms with E-state index in [9.17, 15) is 4.79 Å². The van der Waals surface area contributed by atoms with Crippen LogP contribution in [0.15, 0.2) is 12.4 Å². The Hall–Kier alpha value is -1.36. The molecule has 0 saturated carbocycles. The molecule has 0 atom stereocenters. The van der Waals surface area contributed by atoms with Gasteiger partial charge in [0.2, 0.25) is 0 Å².